The van der Waals surface area contributed by atoms with E-state index in [-0.39, 0.29) is 0 Å². The second kappa shape index (κ2) is 41.4. The van der Waals surface area contributed by atoms with E-state index in [0.29, 0.717) is 0 Å². The Kier molecular flexibility index (Phi) is 39.3. The Labute approximate surface area is 366 Å². The van der Waals surface area contributed by atoms with E-state index in [1.165, 1.54) is 188 Å². The minimum Gasteiger partial charge on any atom is -0.0939 e. The van der Waals surface area contributed by atoms with Gasteiger partial charge < -0.3 is 0 Å². The van der Waals surface area contributed by atoms with Gasteiger partial charge in [0.2, 0.25) is 0 Å². The van der Waals surface area contributed by atoms with Gasteiger partial charge in [0.1, 0.15) is 0 Å². The van der Waals surface area contributed by atoms with E-state index >= 15 is 0 Å². The van der Waals surface area contributed by atoms with Crippen molar-refractivity contribution >= 4 is 28.3 Å². The zero-order chi connectivity index (χ0) is 39.8. The summed E-state index contributed by atoms with van der Waals surface area (Å²) in [4.78, 5) is 0. The Bertz CT molecular complexity index is 648. The van der Waals surface area contributed by atoms with Gasteiger partial charge in [-0.15, -0.1) is 0 Å². The molecule has 3 rings (SSSR count). The molecule has 56 heavy (non-hydrogen) atoms. The third kappa shape index (κ3) is 30.2. The molecule has 0 aromatic carbocycles. The average Bonchev–Trinajstić information content (AvgIpc) is 3.24. The first-order valence-electron chi connectivity index (χ1n) is 27.8. The Hall–Kier alpha value is 1.06. The van der Waals surface area contributed by atoms with Crippen LogP contribution < -0.4 is 0 Å². The smallest absolute Gasteiger partial charge is 0.0939 e. The van der Waals surface area contributed by atoms with Gasteiger partial charge in [0.15, 0.2) is 0 Å². The zero-order valence-electron chi connectivity index (χ0n) is 39.8. The minimum atomic E-state index is -0.478. The van der Waals surface area contributed by atoms with E-state index in [2.05, 4.69) is 20.8 Å². The fourth-order valence-electron chi connectivity index (χ4n) is 11.9. The molecule has 330 valence electrons. The fraction of sp³-hybridized carbons (Fsp3) is 1.00. The van der Waals surface area contributed by atoms with Crippen molar-refractivity contribution in [3.63, 3.8) is 0 Å². The van der Waals surface area contributed by atoms with Crippen LogP contribution in [0.1, 0.15) is 310 Å². The first-order valence-corrected chi connectivity index (χ1v) is 32.2. The predicted octanol–water partition coefficient (Wildman–Crippen LogP) is 20.7. The van der Waals surface area contributed by atoms with Crippen LogP contribution in [0.25, 0.3) is 0 Å². The normalized spacial score (nSPS) is 17.2. The highest BCUT2D eigenvalue weighted by Crippen LogP contribution is 2.49. The summed E-state index contributed by atoms with van der Waals surface area (Å²) in [6.07, 6.45) is 68.7. The van der Waals surface area contributed by atoms with Crippen LogP contribution in [0.3, 0.4) is 0 Å². The molecular formula is C54H108Al2. The zero-order valence-corrected chi connectivity index (χ0v) is 42.1. The van der Waals surface area contributed by atoms with Crippen molar-refractivity contribution in [3.05, 3.63) is 0 Å². The van der Waals surface area contributed by atoms with Crippen LogP contribution in [-0.2, 0) is 0 Å². The van der Waals surface area contributed by atoms with Crippen LogP contribution in [0.5, 0.6) is 0 Å². The number of unbranched alkanes of at least 4 members (excludes halogenated alkanes) is 27. The van der Waals surface area contributed by atoms with Crippen LogP contribution in [0, 0.1) is 0 Å². The summed E-state index contributed by atoms with van der Waals surface area (Å²) >= 11 is -0.946. The largest absolute Gasteiger partial charge is 0.272 e. The van der Waals surface area contributed by atoms with E-state index in [0.717, 1.165) is 0 Å². The van der Waals surface area contributed by atoms with Crippen molar-refractivity contribution in [1.29, 1.82) is 0 Å². The standard InChI is InChI=1S/3C12H25.3C6H11.2Al/c3*1-3-5-7-9-11-12-10-8-6-4-2;3*1-2-4-6-5-3-1;;/h3*1,3-12H2,2H3;3*1H,2-6H2;;. The fourth-order valence-corrected chi connectivity index (χ4v) is 21.4. The minimum absolute atomic E-state index is 0.468. The maximum absolute atomic E-state index is 2.32. The van der Waals surface area contributed by atoms with Crippen molar-refractivity contribution in [2.75, 3.05) is 0 Å². The molecule has 3 fully saturated rings. The van der Waals surface area contributed by atoms with Gasteiger partial charge >= 0.3 is 0 Å². The van der Waals surface area contributed by atoms with Crippen molar-refractivity contribution in [2.24, 2.45) is 0 Å². The molecule has 0 N–H and O–H groups in total. The molecule has 0 heterocycles. The van der Waals surface area contributed by atoms with Gasteiger partial charge in [0.25, 0.3) is 28.3 Å². The Morgan fingerprint density at radius 1 is 0.250 bits per heavy atom. The quantitative estimate of drug-likeness (QED) is 0.0437. The molecule has 2 heteroatoms. The molecular weight excluding hydrogens is 703 g/mol. The van der Waals surface area contributed by atoms with Crippen molar-refractivity contribution < 1.29 is 0 Å². The molecule has 0 spiro atoms. The molecule has 0 amide bonds. The van der Waals surface area contributed by atoms with Crippen LogP contribution in [0.4, 0.5) is 0 Å². The maximum atomic E-state index is 2.32. The van der Waals surface area contributed by atoms with E-state index in [9.17, 15) is 0 Å². The molecule has 0 nitrogen and oxygen atoms in total. The third-order valence-electron chi connectivity index (χ3n) is 15.5. The molecule has 0 bridgehead atoms. The summed E-state index contributed by atoms with van der Waals surface area (Å²) in [6, 6.07) is 0. The highest BCUT2D eigenvalue weighted by Gasteiger charge is 2.42. The van der Waals surface area contributed by atoms with Crippen LogP contribution in [0.2, 0.25) is 30.2 Å². The first kappa shape index (κ1) is 53.2. The molecule has 3 aliphatic rings. The predicted molar refractivity (Wildman–Crippen MR) is 262 cm³/mol. The number of hydrogen-bond donors (Lipinski definition) is 0. The number of hydrogen-bond acceptors (Lipinski definition) is 0. The SMILES string of the molecule is C1CC[CH]([Al]([CH]2CCCCC2)[CH]2CCCCC2)CC1.CCCCCCCCCCC[CH2][Al]([CH2]CCCCCCCCCCC)[CH2]CCCCCCCCCCC. The lowest BCUT2D eigenvalue weighted by Crippen LogP contribution is -2.35. The highest BCUT2D eigenvalue weighted by molar-refractivity contribution is 6.63. The Balaban J connectivity index is 0.000000468. The maximum Gasteiger partial charge on any atom is 0.272 e. The van der Waals surface area contributed by atoms with Gasteiger partial charge in [-0.05, 0) is 0 Å². The second-order valence-electron chi connectivity index (χ2n) is 20.5. The van der Waals surface area contributed by atoms with Gasteiger partial charge in [-0.25, -0.2) is 0 Å². The summed E-state index contributed by atoms with van der Waals surface area (Å²) in [5.41, 5.74) is 0. The summed E-state index contributed by atoms with van der Waals surface area (Å²) < 4.78 is 3.79. The summed E-state index contributed by atoms with van der Waals surface area (Å²) in [5.74, 6) is 0. The third-order valence-corrected chi connectivity index (χ3v) is 24.4. The topological polar surface area (TPSA) is 0 Å². The van der Waals surface area contributed by atoms with Crippen molar-refractivity contribution in [2.45, 2.75) is 340 Å². The lowest BCUT2D eigenvalue weighted by Gasteiger charge is -2.40. The second-order valence-corrected chi connectivity index (χ2v) is 28.0. The van der Waals surface area contributed by atoms with E-state index < -0.39 is 28.3 Å². The summed E-state index contributed by atoms with van der Waals surface area (Å²) in [5, 5.41) is 5.02. The molecule has 0 aliphatic heterocycles. The molecule has 0 aromatic heterocycles. The van der Waals surface area contributed by atoms with Crippen LogP contribution in [0.15, 0.2) is 0 Å². The van der Waals surface area contributed by atoms with Gasteiger partial charge in [0.05, 0.1) is 0 Å². The molecule has 3 saturated carbocycles. The van der Waals surface area contributed by atoms with Gasteiger partial charge in [0, 0.05) is 0 Å². The van der Waals surface area contributed by atoms with E-state index in [4.69, 9.17) is 0 Å². The number of rotatable bonds is 36. The average molecular weight is 811 g/mol. The molecule has 0 unspecified atom stereocenters. The van der Waals surface area contributed by atoms with Crippen molar-refractivity contribution in [1.82, 2.24) is 0 Å². The van der Waals surface area contributed by atoms with Gasteiger partial charge in [-0.2, -0.15) is 0 Å². The van der Waals surface area contributed by atoms with Crippen molar-refractivity contribution in [3.8, 4) is 0 Å². The monoisotopic (exact) mass is 811 g/mol. The lowest BCUT2D eigenvalue weighted by molar-refractivity contribution is 0.429. The van der Waals surface area contributed by atoms with Crippen LogP contribution >= 0.6 is 0 Å². The Morgan fingerprint density at radius 3 is 0.661 bits per heavy atom. The first-order chi connectivity index (χ1) is 27.8. The summed E-state index contributed by atoms with van der Waals surface area (Å²) in [7, 11) is 0. The Morgan fingerprint density at radius 2 is 0.446 bits per heavy atom. The molecule has 3 aliphatic carbocycles. The van der Waals surface area contributed by atoms with Crippen LogP contribution in [-0.4, -0.2) is 28.3 Å². The summed E-state index contributed by atoms with van der Waals surface area (Å²) in [6.45, 7) is 6.97. The highest BCUT2D eigenvalue weighted by atomic mass is 27.2. The molecule has 0 saturated heterocycles. The molecule has 0 radical (unpaired) electrons. The lowest BCUT2D eigenvalue weighted by atomic mass is 9.98. The van der Waals surface area contributed by atoms with Gasteiger partial charge in [-0.3, -0.25) is 0 Å². The van der Waals surface area contributed by atoms with E-state index in [1.54, 1.807) is 131 Å². The molecule has 0 atom stereocenters. The van der Waals surface area contributed by atoms with E-state index in [1.807, 2.05) is 0 Å². The van der Waals surface area contributed by atoms with Gasteiger partial charge in [-0.1, -0.05) is 340 Å². The molecule has 0 aromatic rings.